The number of rotatable bonds is 5. The van der Waals surface area contributed by atoms with Gasteiger partial charge in [-0.1, -0.05) is 34.5 Å². The number of nitrogens with zero attached hydrogens (tertiary/aromatic N) is 3. The molecule has 8 heteroatoms. The van der Waals surface area contributed by atoms with E-state index in [2.05, 4.69) is 10.3 Å². The van der Waals surface area contributed by atoms with Gasteiger partial charge in [0.1, 0.15) is 6.61 Å². The van der Waals surface area contributed by atoms with Gasteiger partial charge in [-0.05, 0) is 19.1 Å². The fourth-order valence-corrected chi connectivity index (χ4v) is 2.13. The lowest BCUT2D eigenvalue weighted by Gasteiger charge is -2.10. The van der Waals surface area contributed by atoms with Crippen molar-refractivity contribution in [2.75, 3.05) is 6.61 Å². The molecule has 0 amide bonds. The number of hydrogen-bond donors (Lipinski definition) is 1. The van der Waals surface area contributed by atoms with E-state index in [0.717, 1.165) is 0 Å². The van der Waals surface area contributed by atoms with E-state index < -0.39 is 5.97 Å². The molecule has 0 unspecified atom stereocenters. The Bertz CT molecular complexity index is 623. The van der Waals surface area contributed by atoms with E-state index in [1.54, 1.807) is 25.1 Å². The van der Waals surface area contributed by atoms with Gasteiger partial charge in [-0.15, -0.1) is 5.10 Å². The Hall–Kier alpha value is -1.79. The van der Waals surface area contributed by atoms with E-state index in [1.165, 1.54) is 4.68 Å². The van der Waals surface area contributed by atoms with Crippen molar-refractivity contribution in [1.82, 2.24) is 15.0 Å². The molecule has 0 aliphatic heterocycles. The van der Waals surface area contributed by atoms with Crippen molar-refractivity contribution < 1.29 is 14.6 Å². The molecule has 0 spiro atoms. The quantitative estimate of drug-likeness (QED) is 0.917. The van der Waals surface area contributed by atoms with E-state index in [0.29, 0.717) is 28.0 Å². The van der Waals surface area contributed by atoms with Crippen LogP contribution >= 0.6 is 23.2 Å². The first-order valence-corrected chi connectivity index (χ1v) is 6.46. The minimum atomic E-state index is -1.11. The first-order valence-electron chi connectivity index (χ1n) is 5.71. The Morgan fingerprint density at radius 1 is 1.40 bits per heavy atom. The SMILES string of the molecule is Cc1c(C(=O)O)nnn1CCOc1c(Cl)cccc1Cl. The van der Waals surface area contributed by atoms with Gasteiger partial charge in [0.2, 0.25) is 0 Å². The van der Waals surface area contributed by atoms with Gasteiger partial charge in [-0.2, -0.15) is 0 Å². The van der Waals surface area contributed by atoms with Gasteiger partial charge in [0, 0.05) is 0 Å². The van der Waals surface area contributed by atoms with Crippen LogP contribution in [-0.2, 0) is 6.54 Å². The zero-order valence-electron chi connectivity index (χ0n) is 10.5. The van der Waals surface area contributed by atoms with Gasteiger partial charge in [-0.25, -0.2) is 9.48 Å². The minimum absolute atomic E-state index is 0.0687. The van der Waals surface area contributed by atoms with Crippen LogP contribution in [0.25, 0.3) is 0 Å². The van der Waals surface area contributed by atoms with Crippen molar-refractivity contribution in [1.29, 1.82) is 0 Å². The molecular weight excluding hydrogens is 305 g/mol. The third-order valence-electron chi connectivity index (χ3n) is 2.65. The molecule has 2 aromatic rings. The molecule has 0 bridgehead atoms. The summed E-state index contributed by atoms with van der Waals surface area (Å²) in [6.45, 7) is 2.21. The van der Waals surface area contributed by atoms with Crippen molar-refractivity contribution >= 4 is 29.2 Å². The summed E-state index contributed by atoms with van der Waals surface area (Å²) < 4.78 is 6.95. The van der Waals surface area contributed by atoms with Crippen LogP contribution in [0.2, 0.25) is 10.0 Å². The lowest BCUT2D eigenvalue weighted by molar-refractivity contribution is 0.0689. The number of aromatic carboxylic acids is 1. The zero-order chi connectivity index (χ0) is 14.7. The fourth-order valence-electron chi connectivity index (χ4n) is 1.62. The van der Waals surface area contributed by atoms with Crippen molar-refractivity contribution in [2.24, 2.45) is 0 Å². The molecule has 1 heterocycles. The smallest absolute Gasteiger partial charge is 0.358 e. The maximum absolute atomic E-state index is 10.8. The second kappa shape index (κ2) is 6.11. The first-order chi connectivity index (χ1) is 9.50. The highest BCUT2D eigenvalue weighted by Gasteiger charge is 2.15. The monoisotopic (exact) mass is 315 g/mol. The first kappa shape index (κ1) is 14.6. The van der Waals surface area contributed by atoms with Crippen LogP contribution in [0.1, 0.15) is 16.2 Å². The number of aromatic nitrogens is 3. The number of para-hydroxylation sites is 1. The molecule has 1 aromatic heterocycles. The van der Waals surface area contributed by atoms with Crippen molar-refractivity contribution in [3.05, 3.63) is 39.6 Å². The molecule has 1 N–H and O–H groups in total. The number of benzene rings is 1. The van der Waals surface area contributed by atoms with E-state index >= 15 is 0 Å². The van der Waals surface area contributed by atoms with Crippen LogP contribution in [0.5, 0.6) is 5.75 Å². The van der Waals surface area contributed by atoms with Crippen LogP contribution in [0.15, 0.2) is 18.2 Å². The zero-order valence-corrected chi connectivity index (χ0v) is 12.0. The Kier molecular flexibility index (Phi) is 4.46. The summed E-state index contributed by atoms with van der Waals surface area (Å²) in [6, 6.07) is 5.07. The molecule has 0 fully saturated rings. The summed E-state index contributed by atoms with van der Waals surface area (Å²) in [5, 5.41) is 17.0. The second-order valence-corrected chi connectivity index (χ2v) is 4.77. The summed E-state index contributed by atoms with van der Waals surface area (Å²) in [5.41, 5.74) is 0.395. The topological polar surface area (TPSA) is 77.2 Å². The lowest BCUT2D eigenvalue weighted by atomic mass is 10.3. The molecule has 0 atom stereocenters. The summed E-state index contributed by atoms with van der Waals surface area (Å²) in [6.07, 6.45) is 0. The highest BCUT2D eigenvalue weighted by molar-refractivity contribution is 6.37. The number of carboxylic acid groups (broad SMARTS) is 1. The number of carbonyl (C=O) groups is 1. The number of hydrogen-bond acceptors (Lipinski definition) is 4. The Balaban J connectivity index is 2.02. The average Bonchev–Trinajstić information content (AvgIpc) is 2.75. The highest BCUT2D eigenvalue weighted by Crippen LogP contribution is 2.32. The standard InChI is InChI=1S/C12H11Cl2N3O3/c1-7-10(12(18)19)15-16-17(7)5-6-20-11-8(13)3-2-4-9(11)14/h2-4H,5-6H2,1H3,(H,18,19). The number of halogens is 2. The van der Waals surface area contributed by atoms with Crippen LogP contribution in [0.3, 0.4) is 0 Å². The summed E-state index contributed by atoms with van der Waals surface area (Å²) in [7, 11) is 0. The maximum Gasteiger partial charge on any atom is 0.358 e. The molecule has 0 aliphatic rings. The van der Waals surface area contributed by atoms with Gasteiger partial charge in [0.25, 0.3) is 0 Å². The molecule has 20 heavy (non-hydrogen) atoms. The predicted molar refractivity (Wildman–Crippen MR) is 73.7 cm³/mol. The molecule has 6 nitrogen and oxygen atoms in total. The van der Waals surface area contributed by atoms with E-state index in [-0.39, 0.29) is 12.3 Å². The second-order valence-electron chi connectivity index (χ2n) is 3.95. The Morgan fingerprint density at radius 2 is 2.05 bits per heavy atom. The van der Waals surface area contributed by atoms with Crippen LogP contribution in [-0.4, -0.2) is 32.7 Å². The molecule has 0 aliphatic carbocycles. The van der Waals surface area contributed by atoms with E-state index in [1.807, 2.05) is 0 Å². The van der Waals surface area contributed by atoms with E-state index in [4.69, 9.17) is 33.0 Å². The summed E-state index contributed by atoms with van der Waals surface area (Å²) >= 11 is 11.9. The Labute approximate surface area is 124 Å². The van der Waals surface area contributed by atoms with Crippen LogP contribution in [0.4, 0.5) is 0 Å². The van der Waals surface area contributed by atoms with Crippen molar-refractivity contribution in [2.45, 2.75) is 13.5 Å². The minimum Gasteiger partial charge on any atom is -0.489 e. The van der Waals surface area contributed by atoms with Crippen LogP contribution in [0, 0.1) is 6.92 Å². The van der Waals surface area contributed by atoms with Gasteiger partial charge in [0.05, 0.1) is 22.3 Å². The van der Waals surface area contributed by atoms with Gasteiger partial charge >= 0.3 is 5.97 Å². The van der Waals surface area contributed by atoms with Gasteiger partial charge < -0.3 is 9.84 Å². The molecule has 0 saturated heterocycles. The molecular formula is C12H11Cl2N3O3. The number of carboxylic acids is 1. The van der Waals surface area contributed by atoms with Crippen LogP contribution < -0.4 is 4.74 Å². The van der Waals surface area contributed by atoms with Gasteiger partial charge in [0.15, 0.2) is 11.4 Å². The normalized spacial score (nSPS) is 10.6. The highest BCUT2D eigenvalue weighted by atomic mass is 35.5. The molecule has 1 aromatic carbocycles. The summed E-state index contributed by atoms with van der Waals surface area (Å²) in [5.74, 6) is -0.712. The fraction of sp³-hybridized carbons (Fsp3) is 0.250. The number of ether oxygens (including phenoxy) is 1. The van der Waals surface area contributed by atoms with E-state index in [9.17, 15) is 4.79 Å². The van der Waals surface area contributed by atoms with Crippen molar-refractivity contribution in [3.8, 4) is 5.75 Å². The summed E-state index contributed by atoms with van der Waals surface area (Å²) in [4.78, 5) is 10.8. The molecule has 106 valence electrons. The van der Waals surface area contributed by atoms with Crippen molar-refractivity contribution in [3.63, 3.8) is 0 Å². The average molecular weight is 316 g/mol. The predicted octanol–water partition coefficient (Wildman–Crippen LogP) is 2.67. The van der Waals surface area contributed by atoms with Gasteiger partial charge in [-0.3, -0.25) is 0 Å². The molecule has 2 rings (SSSR count). The molecule has 0 saturated carbocycles. The lowest BCUT2D eigenvalue weighted by Crippen LogP contribution is -2.12. The molecule has 0 radical (unpaired) electrons. The third kappa shape index (κ3) is 3.02. The third-order valence-corrected chi connectivity index (χ3v) is 3.25. The maximum atomic E-state index is 10.8. The largest absolute Gasteiger partial charge is 0.489 e. The Morgan fingerprint density at radius 3 is 2.60 bits per heavy atom.